The van der Waals surface area contributed by atoms with Gasteiger partial charge in [-0.25, -0.2) is 0 Å². The van der Waals surface area contributed by atoms with Gasteiger partial charge in [-0.05, 0) is 92.7 Å². The van der Waals surface area contributed by atoms with E-state index in [1.807, 2.05) is 59.5 Å². The van der Waals surface area contributed by atoms with Crippen molar-refractivity contribution in [3.05, 3.63) is 100 Å². The number of rotatable bonds is 8. The van der Waals surface area contributed by atoms with Gasteiger partial charge in [0.15, 0.2) is 0 Å². The summed E-state index contributed by atoms with van der Waals surface area (Å²) in [6.45, 7) is 6.10. The van der Waals surface area contributed by atoms with E-state index in [9.17, 15) is 9.59 Å². The molecule has 6 rings (SSSR count). The lowest BCUT2D eigenvalue weighted by Crippen LogP contribution is -2.32. The molecule has 1 N–H and O–H groups in total. The Morgan fingerprint density at radius 1 is 0.864 bits per heavy atom. The van der Waals surface area contributed by atoms with Crippen LogP contribution in [0.5, 0.6) is 5.75 Å². The zero-order chi connectivity index (χ0) is 30.3. The van der Waals surface area contributed by atoms with Crippen molar-refractivity contribution < 1.29 is 14.3 Å². The topological polar surface area (TPSA) is 65.1 Å². The maximum atomic E-state index is 13.9. The summed E-state index contributed by atoms with van der Waals surface area (Å²) in [6.07, 6.45) is 4.18. The highest BCUT2D eigenvalue weighted by Gasteiger charge is 2.25. The van der Waals surface area contributed by atoms with Gasteiger partial charge in [0.25, 0.3) is 11.8 Å². The van der Waals surface area contributed by atoms with Crippen LogP contribution in [0, 0.1) is 0 Å². The van der Waals surface area contributed by atoms with Crippen molar-refractivity contribution in [2.24, 2.45) is 0 Å². The number of hydrogen-bond acceptors (Lipinski definition) is 6. The number of carbonyl (C=O) groups excluding carboxylic acids is 2. The molecule has 0 bridgehead atoms. The molecule has 0 atom stereocenters. The predicted molar refractivity (Wildman–Crippen MR) is 179 cm³/mol. The minimum absolute atomic E-state index is 0.0424. The van der Waals surface area contributed by atoms with Crippen molar-refractivity contribution in [2.75, 3.05) is 63.1 Å². The first-order valence-electron chi connectivity index (χ1n) is 15.6. The Labute approximate surface area is 264 Å². The summed E-state index contributed by atoms with van der Waals surface area (Å²) in [7, 11) is 2.16. The van der Waals surface area contributed by atoms with Crippen LogP contribution in [0.3, 0.4) is 0 Å². The van der Waals surface area contributed by atoms with Crippen LogP contribution >= 0.6 is 11.3 Å². The molecule has 228 valence electrons. The highest BCUT2D eigenvalue weighted by Crippen LogP contribution is 2.34. The second-order valence-corrected chi connectivity index (χ2v) is 12.6. The quantitative estimate of drug-likeness (QED) is 0.242. The van der Waals surface area contributed by atoms with Crippen LogP contribution in [0.25, 0.3) is 11.1 Å². The average Bonchev–Trinajstić information content (AvgIpc) is 3.29. The summed E-state index contributed by atoms with van der Waals surface area (Å²) >= 11 is 1.72. The Kier molecular flexibility index (Phi) is 9.70. The molecule has 0 spiro atoms. The van der Waals surface area contributed by atoms with E-state index in [1.165, 1.54) is 4.88 Å². The van der Waals surface area contributed by atoms with E-state index in [0.29, 0.717) is 35.7 Å². The highest BCUT2D eigenvalue weighted by atomic mass is 32.1. The predicted octanol–water partition coefficient (Wildman–Crippen LogP) is 6.67. The molecule has 0 aliphatic carbocycles. The van der Waals surface area contributed by atoms with Gasteiger partial charge in [0.2, 0.25) is 0 Å². The van der Waals surface area contributed by atoms with Crippen LogP contribution in [0.15, 0.2) is 84.2 Å². The van der Waals surface area contributed by atoms with Crippen LogP contribution in [0.2, 0.25) is 0 Å². The molecule has 1 saturated heterocycles. The number of nitrogens with one attached hydrogen (secondary N) is 1. The molecule has 1 fully saturated rings. The second kappa shape index (κ2) is 14.2. The summed E-state index contributed by atoms with van der Waals surface area (Å²) in [4.78, 5) is 35.5. The van der Waals surface area contributed by atoms with Gasteiger partial charge in [-0.2, -0.15) is 0 Å². The van der Waals surface area contributed by atoms with Crippen LogP contribution in [0.1, 0.15) is 44.9 Å². The van der Waals surface area contributed by atoms with Gasteiger partial charge in [-0.1, -0.05) is 48.5 Å². The molecule has 7 nitrogen and oxygen atoms in total. The minimum atomic E-state index is -0.223. The number of carbonyl (C=O) groups is 2. The molecule has 0 unspecified atom stereocenters. The lowest BCUT2D eigenvalue weighted by atomic mass is 9.99. The van der Waals surface area contributed by atoms with E-state index in [0.717, 1.165) is 75.2 Å². The van der Waals surface area contributed by atoms with Gasteiger partial charge in [-0.3, -0.25) is 14.5 Å². The van der Waals surface area contributed by atoms with Crippen LogP contribution in [0.4, 0.5) is 11.4 Å². The maximum absolute atomic E-state index is 13.9. The molecule has 3 heterocycles. The maximum Gasteiger partial charge on any atom is 0.258 e. The number of amides is 2. The third-order valence-corrected chi connectivity index (χ3v) is 9.47. The number of ether oxygens (including phenoxy) is 1. The van der Waals surface area contributed by atoms with E-state index in [2.05, 4.69) is 33.6 Å². The average molecular weight is 609 g/mol. The lowest BCUT2D eigenvalue weighted by molar-refractivity contribution is 0.0985. The fourth-order valence-electron chi connectivity index (χ4n) is 6.03. The Morgan fingerprint density at radius 3 is 2.59 bits per heavy atom. The normalized spacial score (nSPS) is 16.1. The number of aryl methyl sites for hydroxylation is 1. The third-order valence-electron chi connectivity index (χ3n) is 8.50. The van der Waals surface area contributed by atoms with Gasteiger partial charge in [0.1, 0.15) is 12.4 Å². The zero-order valence-corrected chi connectivity index (χ0v) is 26.2. The van der Waals surface area contributed by atoms with Crippen molar-refractivity contribution in [3.8, 4) is 16.9 Å². The first-order valence-corrected chi connectivity index (χ1v) is 16.5. The number of nitrogens with zero attached hydrogens (tertiary/aromatic N) is 3. The van der Waals surface area contributed by atoms with Crippen molar-refractivity contribution in [1.29, 1.82) is 0 Å². The van der Waals surface area contributed by atoms with E-state index in [-0.39, 0.29) is 11.8 Å². The van der Waals surface area contributed by atoms with Crippen molar-refractivity contribution in [3.63, 3.8) is 0 Å². The molecule has 3 aromatic carbocycles. The van der Waals surface area contributed by atoms with Crippen LogP contribution in [-0.2, 0) is 6.42 Å². The molecule has 8 heteroatoms. The largest absolute Gasteiger partial charge is 0.490 e. The number of fused-ring (bicyclic) bond motifs is 1. The Hall–Kier alpha value is -3.98. The molecule has 0 radical (unpaired) electrons. The van der Waals surface area contributed by atoms with Gasteiger partial charge < -0.3 is 19.9 Å². The number of thiophene rings is 1. The Balaban J connectivity index is 1.26. The molecular weight excluding hydrogens is 568 g/mol. The first-order chi connectivity index (χ1) is 21.6. The fourth-order valence-corrected chi connectivity index (χ4v) is 6.95. The smallest absolute Gasteiger partial charge is 0.258 e. The van der Waals surface area contributed by atoms with Gasteiger partial charge >= 0.3 is 0 Å². The second-order valence-electron chi connectivity index (χ2n) is 11.6. The number of hydrogen-bond donors (Lipinski definition) is 1. The third kappa shape index (κ3) is 7.04. The number of likely N-dealkylation sites (N-methyl/N-ethyl adjacent to an activating group) is 1. The van der Waals surface area contributed by atoms with Gasteiger partial charge in [0.05, 0.1) is 11.4 Å². The summed E-state index contributed by atoms with van der Waals surface area (Å²) in [6, 6.07) is 25.0. The SMILES string of the molecule is CN1CCCN(CCOc2cc(C(=O)N3CCCCc4sccc43)ccc2NC(=O)c2ccccc2-c2ccccc2)CC1. The first kappa shape index (κ1) is 30.1. The van der Waals surface area contributed by atoms with E-state index in [1.54, 1.807) is 29.5 Å². The molecule has 2 aliphatic heterocycles. The molecule has 2 aliphatic rings. The van der Waals surface area contributed by atoms with Gasteiger partial charge in [-0.15, -0.1) is 11.3 Å². The molecule has 2 amide bonds. The zero-order valence-electron chi connectivity index (χ0n) is 25.3. The summed E-state index contributed by atoms with van der Waals surface area (Å²) in [5.41, 5.74) is 4.53. The highest BCUT2D eigenvalue weighted by molar-refractivity contribution is 7.10. The minimum Gasteiger partial charge on any atom is -0.490 e. The Morgan fingerprint density at radius 2 is 1.70 bits per heavy atom. The van der Waals surface area contributed by atoms with Gasteiger partial charge in [0, 0.05) is 42.2 Å². The number of benzene rings is 3. The molecule has 44 heavy (non-hydrogen) atoms. The van der Waals surface area contributed by atoms with Crippen LogP contribution < -0.4 is 15.0 Å². The summed E-state index contributed by atoms with van der Waals surface area (Å²) < 4.78 is 6.38. The molecule has 4 aromatic rings. The standard InChI is InChI=1S/C36H40N4O3S/c1-38-18-9-19-39(22-21-38)23-24-43-33-26-28(36(42)40-20-8-7-14-34-32(40)17-25-44-34)15-16-31(33)37-35(41)30-13-6-5-12-29(30)27-10-3-2-4-11-27/h2-6,10-13,15-17,25-26H,7-9,14,18-24H2,1H3,(H,37,41). The van der Waals surface area contributed by atoms with E-state index in [4.69, 9.17) is 4.74 Å². The molecule has 1 aromatic heterocycles. The monoisotopic (exact) mass is 608 g/mol. The van der Waals surface area contributed by atoms with Crippen LogP contribution in [-0.4, -0.2) is 74.5 Å². The Bertz CT molecular complexity index is 1590. The fraction of sp³-hybridized carbons (Fsp3) is 0.333. The van der Waals surface area contributed by atoms with Crippen molar-refractivity contribution >= 4 is 34.5 Å². The summed E-state index contributed by atoms with van der Waals surface area (Å²) in [5, 5.41) is 5.17. The van der Waals surface area contributed by atoms with Crippen molar-refractivity contribution in [2.45, 2.75) is 25.7 Å². The van der Waals surface area contributed by atoms with Crippen molar-refractivity contribution in [1.82, 2.24) is 9.80 Å². The summed E-state index contributed by atoms with van der Waals surface area (Å²) in [5.74, 6) is 0.243. The molecule has 0 saturated carbocycles. The number of anilines is 2. The van der Waals surface area contributed by atoms with E-state index < -0.39 is 0 Å². The lowest BCUT2D eigenvalue weighted by Gasteiger charge is -2.23. The van der Waals surface area contributed by atoms with E-state index >= 15 is 0 Å². The molecular formula is C36H40N4O3S.